The number of nitrogens with two attached hydrogens (primary N) is 1. The van der Waals surface area contributed by atoms with E-state index in [0.29, 0.717) is 28.3 Å². The molecule has 2 aromatic heterocycles. The van der Waals surface area contributed by atoms with Crippen molar-refractivity contribution in [2.45, 2.75) is 0 Å². The highest BCUT2D eigenvalue weighted by atomic mass is 19.1. The summed E-state index contributed by atoms with van der Waals surface area (Å²) in [7, 11) is 0. The topological polar surface area (TPSA) is 73.9 Å². The smallest absolute Gasteiger partial charge is 0.141 e. The van der Waals surface area contributed by atoms with E-state index in [4.69, 9.17) is 10.5 Å². The van der Waals surface area contributed by atoms with Gasteiger partial charge in [0.25, 0.3) is 0 Å². The number of para-hydroxylation sites is 1. The van der Waals surface area contributed by atoms with Crippen LogP contribution in [0.4, 0.5) is 10.2 Å². The van der Waals surface area contributed by atoms with Crippen LogP contribution in [0.5, 0.6) is 11.5 Å². The third kappa shape index (κ3) is 3.59. The lowest BCUT2D eigenvalue weighted by Crippen LogP contribution is -1.95. The number of ether oxygens (including phenoxy) is 1. The number of rotatable bonds is 4. The predicted molar refractivity (Wildman–Crippen MR) is 102 cm³/mol. The summed E-state index contributed by atoms with van der Waals surface area (Å²) in [6.07, 6.45) is 6.16. The normalized spacial score (nSPS) is 10.6. The number of halogens is 1. The minimum Gasteiger partial charge on any atom is -0.457 e. The predicted octanol–water partition coefficient (Wildman–Crippen LogP) is 4.72. The first-order valence-corrected chi connectivity index (χ1v) is 8.25. The fourth-order valence-corrected chi connectivity index (χ4v) is 2.69. The lowest BCUT2D eigenvalue weighted by Gasteiger charge is -2.12. The Morgan fingerprint density at radius 3 is 2.41 bits per heavy atom. The third-order valence-corrected chi connectivity index (χ3v) is 3.99. The first kappa shape index (κ1) is 16.7. The highest BCUT2D eigenvalue weighted by molar-refractivity contribution is 5.74. The van der Waals surface area contributed by atoms with Crippen LogP contribution in [-0.2, 0) is 0 Å². The summed E-state index contributed by atoms with van der Waals surface area (Å²) < 4.78 is 20.7. The third-order valence-electron chi connectivity index (χ3n) is 3.99. The molecule has 0 atom stereocenters. The van der Waals surface area contributed by atoms with E-state index < -0.39 is 5.82 Å². The molecular formula is C21H15FN4O. The van der Waals surface area contributed by atoms with Gasteiger partial charge in [0.2, 0.25) is 0 Å². The van der Waals surface area contributed by atoms with E-state index in [2.05, 4.69) is 15.0 Å². The van der Waals surface area contributed by atoms with Gasteiger partial charge in [0.05, 0.1) is 18.1 Å². The highest BCUT2D eigenvalue weighted by Gasteiger charge is 2.12. The fourth-order valence-electron chi connectivity index (χ4n) is 2.69. The Hall–Kier alpha value is -3.80. The SMILES string of the molecule is Nc1cnc(-c2ccc(-c3ccccc3Oc3ccncc3)cc2F)cn1. The molecule has 4 aromatic rings. The average Bonchev–Trinajstić information content (AvgIpc) is 2.70. The van der Waals surface area contributed by atoms with Crippen LogP contribution in [0.25, 0.3) is 22.4 Å². The van der Waals surface area contributed by atoms with Crippen LogP contribution in [0.3, 0.4) is 0 Å². The molecule has 0 aliphatic rings. The molecule has 2 aromatic carbocycles. The van der Waals surface area contributed by atoms with Gasteiger partial charge in [-0.1, -0.05) is 24.3 Å². The number of nitrogen functional groups attached to an aromatic ring is 1. The summed E-state index contributed by atoms with van der Waals surface area (Å²) in [6.45, 7) is 0. The number of hydrogen-bond donors (Lipinski definition) is 1. The van der Waals surface area contributed by atoms with Gasteiger partial charge in [-0.25, -0.2) is 9.37 Å². The van der Waals surface area contributed by atoms with Crippen LogP contribution in [0.2, 0.25) is 0 Å². The van der Waals surface area contributed by atoms with Gasteiger partial charge >= 0.3 is 0 Å². The van der Waals surface area contributed by atoms with Gasteiger partial charge in [-0.05, 0) is 35.9 Å². The monoisotopic (exact) mass is 358 g/mol. The van der Waals surface area contributed by atoms with E-state index >= 15 is 0 Å². The molecule has 0 saturated heterocycles. The second-order valence-electron chi connectivity index (χ2n) is 5.80. The zero-order chi connectivity index (χ0) is 18.6. The fraction of sp³-hybridized carbons (Fsp3) is 0. The van der Waals surface area contributed by atoms with Crippen molar-refractivity contribution in [3.05, 3.63) is 85.2 Å². The number of aromatic nitrogens is 3. The van der Waals surface area contributed by atoms with Gasteiger partial charge in [0.1, 0.15) is 23.1 Å². The van der Waals surface area contributed by atoms with E-state index in [9.17, 15) is 4.39 Å². The van der Waals surface area contributed by atoms with Crippen LogP contribution >= 0.6 is 0 Å². The Morgan fingerprint density at radius 2 is 1.67 bits per heavy atom. The quantitative estimate of drug-likeness (QED) is 0.571. The molecule has 132 valence electrons. The molecule has 0 spiro atoms. The van der Waals surface area contributed by atoms with Gasteiger partial charge in [0, 0.05) is 23.5 Å². The molecular weight excluding hydrogens is 343 g/mol. The molecule has 5 nitrogen and oxygen atoms in total. The zero-order valence-corrected chi connectivity index (χ0v) is 14.2. The zero-order valence-electron chi connectivity index (χ0n) is 14.2. The van der Waals surface area contributed by atoms with Crippen molar-refractivity contribution in [3.63, 3.8) is 0 Å². The van der Waals surface area contributed by atoms with E-state index in [-0.39, 0.29) is 5.82 Å². The maximum atomic E-state index is 14.7. The number of nitrogens with zero attached hydrogens (tertiary/aromatic N) is 3. The maximum absolute atomic E-state index is 14.7. The second-order valence-corrected chi connectivity index (χ2v) is 5.80. The van der Waals surface area contributed by atoms with Crippen molar-refractivity contribution in [1.29, 1.82) is 0 Å². The molecule has 0 aliphatic carbocycles. The Labute approximate surface area is 155 Å². The lowest BCUT2D eigenvalue weighted by atomic mass is 10.0. The standard InChI is InChI=1S/C21H15FN4O/c22-18-11-14(5-6-17(18)19-12-26-21(23)13-25-19)16-3-1-2-4-20(16)27-15-7-9-24-10-8-15/h1-13H,(H2,23,26). The molecule has 0 bridgehead atoms. The van der Waals surface area contributed by atoms with Crippen molar-refractivity contribution in [2.24, 2.45) is 0 Å². The number of anilines is 1. The van der Waals surface area contributed by atoms with E-state index in [0.717, 1.165) is 5.56 Å². The molecule has 0 amide bonds. The summed E-state index contributed by atoms with van der Waals surface area (Å²) in [5.41, 5.74) is 7.80. The molecule has 27 heavy (non-hydrogen) atoms. The molecule has 4 rings (SSSR count). The molecule has 2 heterocycles. The molecule has 0 unspecified atom stereocenters. The minimum atomic E-state index is -0.398. The van der Waals surface area contributed by atoms with Gasteiger partial charge in [0.15, 0.2) is 0 Å². The summed E-state index contributed by atoms with van der Waals surface area (Å²) in [5, 5.41) is 0. The molecule has 0 aliphatic heterocycles. The minimum absolute atomic E-state index is 0.290. The van der Waals surface area contributed by atoms with Crippen molar-refractivity contribution < 1.29 is 9.13 Å². The van der Waals surface area contributed by atoms with Gasteiger partial charge < -0.3 is 10.5 Å². The first-order valence-electron chi connectivity index (χ1n) is 8.25. The van der Waals surface area contributed by atoms with E-state index in [1.807, 2.05) is 30.3 Å². The van der Waals surface area contributed by atoms with Crippen molar-refractivity contribution >= 4 is 5.82 Å². The second kappa shape index (κ2) is 7.21. The Bertz CT molecular complexity index is 1070. The molecule has 0 fully saturated rings. The van der Waals surface area contributed by atoms with Crippen molar-refractivity contribution in [2.75, 3.05) is 5.73 Å². The van der Waals surface area contributed by atoms with E-state index in [1.54, 1.807) is 30.6 Å². The van der Waals surface area contributed by atoms with Crippen LogP contribution < -0.4 is 10.5 Å². The van der Waals surface area contributed by atoms with Gasteiger partial charge in [-0.3, -0.25) is 9.97 Å². The van der Waals surface area contributed by atoms with Crippen LogP contribution in [0.15, 0.2) is 79.4 Å². The Balaban J connectivity index is 1.70. The van der Waals surface area contributed by atoms with Crippen molar-refractivity contribution in [3.8, 4) is 33.9 Å². The van der Waals surface area contributed by atoms with Gasteiger partial charge in [-0.2, -0.15) is 0 Å². The van der Waals surface area contributed by atoms with Crippen molar-refractivity contribution in [1.82, 2.24) is 15.0 Å². The summed E-state index contributed by atoms with van der Waals surface area (Å²) in [4.78, 5) is 12.1. The van der Waals surface area contributed by atoms with E-state index in [1.165, 1.54) is 18.5 Å². The molecule has 0 radical (unpaired) electrons. The highest BCUT2D eigenvalue weighted by Crippen LogP contribution is 2.35. The number of pyridine rings is 1. The summed E-state index contributed by atoms with van der Waals surface area (Å²) >= 11 is 0. The molecule has 2 N–H and O–H groups in total. The maximum Gasteiger partial charge on any atom is 0.141 e. The average molecular weight is 358 g/mol. The van der Waals surface area contributed by atoms with Crippen LogP contribution in [0, 0.1) is 5.82 Å². The summed E-state index contributed by atoms with van der Waals surface area (Å²) in [5.74, 6) is 1.18. The lowest BCUT2D eigenvalue weighted by molar-refractivity contribution is 0.483. The van der Waals surface area contributed by atoms with Gasteiger partial charge in [-0.15, -0.1) is 0 Å². The number of benzene rings is 2. The summed E-state index contributed by atoms with van der Waals surface area (Å²) in [6, 6.07) is 16.0. The largest absolute Gasteiger partial charge is 0.457 e. The first-order chi connectivity index (χ1) is 13.2. The molecule has 6 heteroatoms. The van der Waals surface area contributed by atoms with Crippen LogP contribution in [0.1, 0.15) is 0 Å². The molecule has 0 saturated carbocycles. The number of hydrogen-bond acceptors (Lipinski definition) is 5. The Morgan fingerprint density at radius 1 is 0.852 bits per heavy atom. The van der Waals surface area contributed by atoms with Crippen LogP contribution in [-0.4, -0.2) is 15.0 Å². The Kier molecular flexibility index (Phi) is 4.45.